The van der Waals surface area contributed by atoms with Crippen LogP contribution in [0.3, 0.4) is 0 Å². The highest BCUT2D eigenvalue weighted by Gasteiger charge is 2.41. The Balaban J connectivity index is 1.79. The van der Waals surface area contributed by atoms with Gasteiger partial charge in [-0.05, 0) is 43.5 Å². The zero-order valence-corrected chi connectivity index (χ0v) is 20.1. The largest absolute Gasteiger partial charge is 0.351 e. The molecule has 0 radical (unpaired) electrons. The highest BCUT2D eigenvalue weighted by molar-refractivity contribution is 7.89. The van der Waals surface area contributed by atoms with Gasteiger partial charge < -0.3 is 5.32 Å². The van der Waals surface area contributed by atoms with Gasteiger partial charge in [0.1, 0.15) is 17.9 Å². The first-order chi connectivity index (χ1) is 16.2. The van der Waals surface area contributed by atoms with Gasteiger partial charge in [-0.3, -0.25) is 14.5 Å². The van der Waals surface area contributed by atoms with Gasteiger partial charge in [-0.2, -0.15) is 0 Å². The molecular weight excluding hydrogens is 481 g/mol. The predicted octanol–water partition coefficient (Wildman–Crippen LogP) is 3.69. The first kappa shape index (κ1) is 24.6. The van der Waals surface area contributed by atoms with Gasteiger partial charge >= 0.3 is 0 Å². The average Bonchev–Trinajstić information content (AvgIpc) is 3.18. The van der Waals surface area contributed by atoms with Crippen LogP contribution in [-0.2, 0) is 19.6 Å². The number of nitrogens with one attached hydrogen (secondary N) is 2. The van der Waals surface area contributed by atoms with E-state index in [0.29, 0.717) is 5.56 Å². The lowest BCUT2D eigenvalue weighted by molar-refractivity contribution is -0.127. The molecule has 2 aliphatic rings. The molecule has 2 amide bonds. The van der Waals surface area contributed by atoms with Crippen LogP contribution in [-0.4, -0.2) is 38.1 Å². The summed E-state index contributed by atoms with van der Waals surface area (Å²) in [5.41, 5.74) is 0.510. The molecule has 2 fully saturated rings. The van der Waals surface area contributed by atoms with Crippen molar-refractivity contribution in [3.05, 3.63) is 64.9 Å². The van der Waals surface area contributed by atoms with Gasteiger partial charge in [0.05, 0.1) is 5.75 Å². The van der Waals surface area contributed by atoms with Crippen molar-refractivity contribution in [3.63, 3.8) is 0 Å². The number of halogens is 2. The van der Waals surface area contributed by atoms with Crippen LogP contribution in [0.25, 0.3) is 0 Å². The smallest absolute Gasteiger partial charge is 0.248 e. The van der Waals surface area contributed by atoms with E-state index < -0.39 is 39.7 Å². The number of amides is 2. The molecule has 1 saturated carbocycles. The van der Waals surface area contributed by atoms with Crippen molar-refractivity contribution >= 4 is 39.1 Å². The molecule has 7 nitrogen and oxygen atoms in total. The Hall–Kier alpha value is -2.49. The molecule has 2 aromatic rings. The molecule has 2 atom stereocenters. The van der Waals surface area contributed by atoms with E-state index in [1.165, 1.54) is 23.1 Å². The lowest BCUT2D eigenvalue weighted by Crippen LogP contribution is -2.52. The molecule has 182 valence electrons. The lowest BCUT2D eigenvalue weighted by atomic mass is 9.94. The Morgan fingerprint density at radius 3 is 2.44 bits per heavy atom. The molecule has 1 saturated heterocycles. The third-order valence-corrected chi connectivity index (χ3v) is 8.04. The molecular formula is C24H27ClFN3O4S. The minimum absolute atomic E-state index is 0.0410. The first-order valence-electron chi connectivity index (χ1n) is 11.4. The number of nitrogens with zero attached hydrogens (tertiary/aromatic N) is 1. The average molecular weight is 508 g/mol. The Kier molecular flexibility index (Phi) is 7.54. The maximum absolute atomic E-state index is 14.2. The summed E-state index contributed by atoms with van der Waals surface area (Å²) in [5.74, 6) is -1.88. The normalized spacial score (nSPS) is 21.1. The Morgan fingerprint density at radius 1 is 1.06 bits per heavy atom. The van der Waals surface area contributed by atoms with Crippen LogP contribution in [0, 0.1) is 5.82 Å². The fourth-order valence-corrected chi connectivity index (χ4v) is 6.16. The Labute approximate surface area is 203 Å². The van der Waals surface area contributed by atoms with Crippen molar-refractivity contribution in [2.75, 3.05) is 10.7 Å². The zero-order chi connectivity index (χ0) is 24.3. The highest BCUT2D eigenvalue weighted by atomic mass is 35.5. The number of carbonyl (C=O) groups is 2. The Morgan fingerprint density at radius 2 is 1.79 bits per heavy atom. The standard InChI is InChI=1S/C24H27ClFN3O4S/c25-20-12-5-4-11-19(20)22(23(30)27-17-8-2-1-3-9-17)29(18-10-6-7-16(26)15-18)24(31)21-13-14-34(32,33)28-21/h4-7,10-12,15,17,21-22,28H,1-3,8-9,13-14H2,(H,27,30). The molecule has 10 heteroatoms. The number of carbonyl (C=O) groups excluding carboxylic acids is 2. The summed E-state index contributed by atoms with van der Waals surface area (Å²) >= 11 is 6.47. The van der Waals surface area contributed by atoms with Gasteiger partial charge in [0, 0.05) is 22.3 Å². The van der Waals surface area contributed by atoms with Crippen molar-refractivity contribution in [3.8, 4) is 0 Å². The van der Waals surface area contributed by atoms with E-state index in [2.05, 4.69) is 10.0 Å². The molecule has 0 aromatic heterocycles. The van der Waals surface area contributed by atoms with E-state index in [1.54, 1.807) is 24.3 Å². The quantitative estimate of drug-likeness (QED) is 0.623. The number of hydrogen-bond donors (Lipinski definition) is 2. The summed E-state index contributed by atoms with van der Waals surface area (Å²) < 4.78 is 40.6. The topological polar surface area (TPSA) is 95.6 Å². The molecule has 2 N–H and O–H groups in total. The first-order valence-corrected chi connectivity index (χ1v) is 13.4. The van der Waals surface area contributed by atoms with Crippen molar-refractivity contribution < 1.29 is 22.4 Å². The number of hydrogen-bond acceptors (Lipinski definition) is 4. The molecule has 0 spiro atoms. The van der Waals surface area contributed by atoms with Gasteiger partial charge in [-0.1, -0.05) is 55.1 Å². The van der Waals surface area contributed by atoms with Gasteiger partial charge in [0.2, 0.25) is 21.8 Å². The summed E-state index contributed by atoms with van der Waals surface area (Å²) in [6, 6.07) is 9.69. The number of anilines is 1. The number of benzene rings is 2. The molecule has 2 aromatic carbocycles. The second kappa shape index (κ2) is 10.4. The van der Waals surface area contributed by atoms with Gasteiger partial charge in [0.15, 0.2) is 0 Å². The van der Waals surface area contributed by atoms with Gasteiger partial charge in [-0.25, -0.2) is 17.5 Å². The second-order valence-corrected chi connectivity index (χ2v) is 11.0. The van der Waals surface area contributed by atoms with Crippen LogP contribution in [0.5, 0.6) is 0 Å². The highest BCUT2D eigenvalue weighted by Crippen LogP contribution is 2.34. The number of rotatable bonds is 6. The summed E-state index contributed by atoms with van der Waals surface area (Å²) in [7, 11) is -3.60. The minimum atomic E-state index is -3.60. The summed E-state index contributed by atoms with van der Waals surface area (Å²) in [4.78, 5) is 28.6. The van der Waals surface area contributed by atoms with Crippen LogP contribution in [0.4, 0.5) is 10.1 Å². The van der Waals surface area contributed by atoms with Crippen LogP contribution < -0.4 is 14.9 Å². The van der Waals surface area contributed by atoms with Crippen molar-refractivity contribution in [2.45, 2.75) is 56.7 Å². The van der Waals surface area contributed by atoms with Crippen molar-refractivity contribution in [1.82, 2.24) is 10.0 Å². The summed E-state index contributed by atoms with van der Waals surface area (Å²) in [6.45, 7) is 0. The maximum atomic E-state index is 14.2. The maximum Gasteiger partial charge on any atom is 0.248 e. The fourth-order valence-electron chi connectivity index (χ4n) is 4.60. The minimum Gasteiger partial charge on any atom is -0.351 e. The molecule has 0 bridgehead atoms. The van der Waals surface area contributed by atoms with E-state index in [4.69, 9.17) is 11.6 Å². The van der Waals surface area contributed by atoms with Crippen molar-refractivity contribution in [1.29, 1.82) is 0 Å². The lowest BCUT2D eigenvalue weighted by Gasteiger charge is -2.35. The third kappa shape index (κ3) is 5.59. The second-order valence-electron chi connectivity index (χ2n) is 8.73. The fraction of sp³-hybridized carbons (Fsp3) is 0.417. The van der Waals surface area contributed by atoms with E-state index in [0.717, 1.165) is 38.2 Å². The Bertz CT molecular complexity index is 1170. The van der Waals surface area contributed by atoms with Crippen molar-refractivity contribution in [2.24, 2.45) is 0 Å². The monoisotopic (exact) mass is 507 g/mol. The van der Waals surface area contributed by atoms with E-state index in [9.17, 15) is 22.4 Å². The molecule has 1 heterocycles. The summed E-state index contributed by atoms with van der Waals surface area (Å²) in [5, 5.41) is 3.32. The van der Waals surface area contributed by atoms with E-state index >= 15 is 0 Å². The molecule has 1 aliphatic heterocycles. The van der Waals surface area contributed by atoms with Gasteiger partial charge in [-0.15, -0.1) is 0 Å². The number of sulfonamides is 1. The molecule has 34 heavy (non-hydrogen) atoms. The van der Waals surface area contributed by atoms with Gasteiger partial charge in [0.25, 0.3) is 0 Å². The zero-order valence-electron chi connectivity index (χ0n) is 18.5. The third-order valence-electron chi connectivity index (χ3n) is 6.28. The van der Waals surface area contributed by atoms with Crippen LogP contribution in [0.15, 0.2) is 48.5 Å². The van der Waals surface area contributed by atoms with Crippen LogP contribution in [0.2, 0.25) is 5.02 Å². The SMILES string of the molecule is O=C(NC1CCCCC1)C(c1ccccc1Cl)N(C(=O)C1CCS(=O)(=O)N1)c1cccc(F)c1. The summed E-state index contributed by atoms with van der Waals surface area (Å²) in [6.07, 6.45) is 4.81. The molecule has 1 aliphatic carbocycles. The van der Waals surface area contributed by atoms with E-state index in [-0.39, 0.29) is 28.9 Å². The van der Waals surface area contributed by atoms with Crippen LogP contribution in [0.1, 0.15) is 50.1 Å². The molecule has 2 unspecified atom stereocenters. The van der Waals surface area contributed by atoms with Crippen LogP contribution >= 0.6 is 11.6 Å². The predicted molar refractivity (Wildman–Crippen MR) is 128 cm³/mol. The molecule has 4 rings (SSSR count). The van der Waals surface area contributed by atoms with E-state index in [1.807, 2.05) is 0 Å².